The lowest BCUT2D eigenvalue weighted by atomic mass is 9.76. The fourth-order valence-electron chi connectivity index (χ4n) is 5.71. The molecule has 1 saturated carbocycles. The van der Waals surface area contributed by atoms with E-state index in [0.717, 1.165) is 56.3 Å². The Morgan fingerprint density at radius 1 is 0.968 bits per heavy atom. The van der Waals surface area contributed by atoms with Crippen LogP contribution in [0.1, 0.15) is 50.5 Å². The van der Waals surface area contributed by atoms with E-state index in [4.69, 9.17) is 9.47 Å². The largest absolute Gasteiger partial charge is 0.488 e. The van der Waals surface area contributed by atoms with E-state index in [2.05, 4.69) is 0 Å². The molecule has 5 heteroatoms. The van der Waals surface area contributed by atoms with Gasteiger partial charge in [-0.25, -0.2) is 4.39 Å². The summed E-state index contributed by atoms with van der Waals surface area (Å²) in [4.78, 5) is 15.7. The molecule has 1 atom stereocenters. The van der Waals surface area contributed by atoms with Crippen molar-refractivity contribution in [1.82, 2.24) is 4.90 Å². The third-order valence-electron chi connectivity index (χ3n) is 7.45. The molecule has 5 rings (SSSR count). The SMILES string of the molecule is O=C(N1CCC2(CC1)CC(Oc1ccccc1)CO2)C1(c2ccc(F)cc2)CCCC1. The molecule has 0 aromatic heterocycles. The van der Waals surface area contributed by atoms with Crippen LogP contribution in [0.3, 0.4) is 0 Å². The molecule has 1 amide bonds. The molecule has 2 aromatic carbocycles. The molecule has 0 radical (unpaired) electrons. The molecule has 1 aliphatic carbocycles. The van der Waals surface area contributed by atoms with E-state index in [0.29, 0.717) is 19.7 Å². The fraction of sp³-hybridized carbons (Fsp3) is 0.500. The zero-order chi connectivity index (χ0) is 21.3. The van der Waals surface area contributed by atoms with Crippen LogP contribution in [0.2, 0.25) is 0 Å². The minimum atomic E-state index is -0.492. The number of amides is 1. The molecule has 2 heterocycles. The number of halogens is 1. The lowest BCUT2D eigenvalue weighted by Crippen LogP contribution is -2.52. The van der Waals surface area contributed by atoms with Crippen LogP contribution in [0.4, 0.5) is 4.39 Å². The first-order chi connectivity index (χ1) is 15.1. The van der Waals surface area contributed by atoms with Crippen molar-refractivity contribution in [2.24, 2.45) is 0 Å². The summed E-state index contributed by atoms with van der Waals surface area (Å²) in [5, 5.41) is 0. The number of carbonyl (C=O) groups is 1. The Morgan fingerprint density at radius 3 is 2.32 bits per heavy atom. The summed E-state index contributed by atoms with van der Waals surface area (Å²) in [5.41, 5.74) is 0.285. The average molecular weight is 424 g/mol. The predicted octanol–water partition coefficient (Wildman–Crippen LogP) is 4.87. The number of para-hydroxylation sites is 1. The normalized spacial score (nSPS) is 24.4. The summed E-state index contributed by atoms with van der Waals surface area (Å²) in [5.74, 6) is 0.833. The van der Waals surface area contributed by atoms with Crippen molar-refractivity contribution in [2.75, 3.05) is 19.7 Å². The van der Waals surface area contributed by atoms with Gasteiger partial charge in [0.15, 0.2) is 0 Å². The van der Waals surface area contributed by atoms with Gasteiger partial charge in [0.05, 0.1) is 17.6 Å². The topological polar surface area (TPSA) is 38.8 Å². The third kappa shape index (κ3) is 3.96. The highest BCUT2D eigenvalue weighted by Gasteiger charge is 2.49. The van der Waals surface area contributed by atoms with Gasteiger partial charge < -0.3 is 14.4 Å². The van der Waals surface area contributed by atoms with E-state index in [1.165, 1.54) is 12.1 Å². The second-order valence-electron chi connectivity index (χ2n) is 9.34. The number of likely N-dealkylation sites (tertiary alicyclic amines) is 1. The highest BCUT2D eigenvalue weighted by atomic mass is 19.1. The van der Waals surface area contributed by atoms with Gasteiger partial charge in [0.2, 0.25) is 5.91 Å². The number of nitrogens with zero attached hydrogens (tertiary/aromatic N) is 1. The molecule has 1 spiro atoms. The molecular formula is C26H30FNO3. The first-order valence-corrected chi connectivity index (χ1v) is 11.5. The summed E-state index contributed by atoms with van der Waals surface area (Å²) < 4.78 is 25.8. The number of hydrogen-bond donors (Lipinski definition) is 0. The number of ether oxygens (including phenoxy) is 2. The lowest BCUT2D eigenvalue weighted by Gasteiger charge is -2.42. The van der Waals surface area contributed by atoms with Gasteiger partial charge >= 0.3 is 0 Å². The molecule has 3 fully saturated rings. The molecule has 164 valence electrons. The minimum absolute atomic E-state index is 0.0602. The monoisotopic (exact) mass is 423 g/mol. The maximum absolute atomic E-state index is 13.7. The summed E-state index contributed by atoms with van der Waals surface area (Å²) >= 11 is 0. The fourth-order valence-corrected chi connectivity index (χ4v) is 5.71. The van der Waals surface area contributed by atoms with Crippen molar-refractivity contribution < 1.29 is 18.7 Å². The molecule has 1 unspecified atom stereocenters. The van der Waals surface area contributed by atoms with Gasteiger partial charge in [0.1, 0.15) is 17.7 Å². The second kappa shape index (κ2) is 8.27. The Hall–Kier alpha value is -2.40. The quantitative estimate of drug-likeness (QED) is 0.705. The van der Waals surface area contributed by atoms with E-state index >= 15 is 0 Å². The molecule has 2 aliphatic heterocycles. The van der Waals surface area contributed by atoms with Crippen molar-refractivity contribution in [3.05, 3.63) is 66.0 Å². The highest BCUT2D eigenvalue weighted by Crippen LogP contribution is 2.44. The van der Waals surface area contributed by atoms with Crippen molar-refractivity contribution in [3.63, 3.8) is 0 Å². The minimum Gasteiger partial charge on any atom is -0.488 e. The van der Waals surface area contributed by atoms with Crippen molar-refractivity contribution in [1.29, 1.82) is 0 Å². The van der Waals surface area contributed by atoms with Crippen LogP contribution in [0.5, 0.6) is 5.75 Å². The molecule has 3 aliphatic rings. The van der Waals surface area contributed by atoms with Crippen LogP contribution in [-0.4, -0.2) is 42.2 Å². The summed E-state index contributed by atoms with van der Waals surface area (Å²) in [6.45, 7) is 2.02. The van der Waals surface area contributed by atoms with E-state index in [9.17, 15) is 9.18 Å². The van der Waals surface area contributed by atoms with Gasteiger partial charge in [-0.3, -0.25) is 4.79 Å². The average Bonchev–Trinajstić information content (AvgIpc) is 3.44. The number of hydrogen-bond acceptors (Lipinski definition) is 3. The van der Waals surface area contributed by atoms with Gasteiger partial charge in [-0.05, 0) is 55.5 Å². The molecule has 4 nitrogen and oxygen atoms in total. The third-order valence-corrected chi connectivity index (χ3v) is 7.45. The zero-order valence-electron chi connectivity index (χ0n) is 17.9. The number of carbonyl (C=O) groups excluding carboxylic acids is 1. The first-order valence-electron chi connectivity index (χ1n) is 11.5. The maximum atomic E-state index is 13.7. The van der Waals surface area contributed by atoms with Crippen LogP contribution in [0.25, 0.3) is 0 Å². The Morgan fingerprint density at radius 2 is 1.65 bits per heavy atom. The van der Waals surface area contributed by atoms with Crippen LogP contribution in [0, 0.1) is 5.82 Å². The molecule has 0 bridgehead atoms. The van der Waals surface area contributed by atoms with Gasteiger partial charge in [-0.2, -0.15) is 0 Å². The van der Waals surface area contributed by atoms with Crippen molar-refractivity contribution in [2.45, 2.75) is 62.1 Å². The van der Waals surface area contributed by atoms with Gasteiger partial charge in [0.25, 0.3) is 0 Å². The standard InChI is InChI=1S/C26H30FNO3/c27-21-10-8-20(9-11-21)26(12-4-5-13-26)24(29)28-16-14-25(15-17-28)18-23(19-30-25)31-22-6-2-1-3-7-22/h1-3,6-11,23H,4-5,12-19H2. The second-order valence-corrected chi connectivity index (χ2v) is 9.34. The van der Waals surface area contributed by atoms with Gasteiger partial charge in [-0.1, -0.05) is 43.2 Å². The molecule has 2 saturated heterocycles. The van der Waals surface area contributed by atoms with Crippen molar-refractivity contribution in [3.8, 4) is 5.75 Å². The first kappa shape index (κ1) is 20.5. The maximum Gasteiger partial charge on any atom is 0.233 e. The van der Waals surface area contributed by atoms with Crippen LogP contribution < -0.4 is 4.74 Å². The summed E-state index contributed by atoms with van der Waals surface area (Å²) in [6.07, 6.45) is 6.40. The Kier molecular flexibility index (Phi) is 5.47. The number of rotatable bonds is 4. The highest BCUT2D eigenvalue weighted by molar-refractivity contribution is 5.88. The van der Waals surface area contributed by atoms with Crippen LogP contribution >= 0.6 is 0 Å². The van der Waals surface area contributed by atoms with E-state index < -0.39 is 5.41 Å². The van der Waals surface area contributed by atoms with E-state index in [1.54, 1.807) is 12.1 Å². The Labute approximate surface area is 183 Å². The number of benzene rings is 2. The lowest BCUT2D eigenvalue weighted by molar-refractivity contribution is -0.142. The van der Waals surface area contributed by atoms with Crippen LogP contribution in [-0.2, 0) is 14.9 Å². The van der Waals surface area contributed by atoms with Gasteiger partial charge in [-0.15, -0.1) is 0 Å². The smallest absolute Gasteiger partial charge is 0.233 e. The number of piperidine rings is 1. The van der Waals surface area contributed by atoms with Crippen molar-refractivity contribution >= 4 is 5.91 Å². The van der Waals surface area contributed by atoms with E-state index in [-0.39, 0.29) is 23.4 Å². The summed E-state index contributed by atoms with van der Waals surface area (Å²) in [6, 6.07) is 16.4. The van der Waals surface area contributed by atoms with E-state index in [1.807, 2.05) is 35.2 Å². The molecule has 0 N–H and O–H groups in total. The zero-order valence-corrected chi connectivity index (χ0v) is 17.9. The predicted molar refractivity (Wildman–Crippen MR) is 117 cm³/mol. The summed E-state index contributed by atoms with van der Waals surface area (Å²) in [7, 11) is 0. The molecule has 31 heavy (non-hydrogen) atoms. The van der Waals surface area contributed by atoms with Crippen LogP contribution in [0.15, 0.2) is 54.6 Å². The Bertz CT molecular complexity index is 900. The molecule has 2 aromatic rings. The van der Waals surface area contributed by atoms with Gasteiger partial charge in [0, 0.05) is 19.5 Å². The Balaban J connectivity index is 1.24. The molecular weight excluding hydrogens is 393 g/mol.